The predicted octanol–water partition coefficient (Wildman–Crippen LogP) is 2.07. The van der Waals surface area contributed by atoms with E-state index in [1.165, 1.54) is 0 Å². The van der Waals surface area contributed by atoms with Gasteiger partial charge in [-0.1, -0.05) is 0 Å². The predicted molar refractivity (Wildman–Crippen MR) is 93.9 cm³/mol. The maximum atomic E-state index is 13.8. The third-order valence-corrected chi connectivity index (χ3v) is 4.10. The Hall–Kier alpha value is -0.165. The first kappa shape index (κ1) is 20.9. The topological polar surface area (TPSA) is 24.9 Å². The van der Waals surface area contributed by atoms with Gasteiger partial charge in [-0.25, -0.2) is 0 Å². The number of halogens is 1. The normalized spacial score (nSPS) is 22.1. The van der Waals surface area contributed by atoms with E-state index < -0.39 is 6.07 Å². The molecule has 4 nitrogen and oxygen atoms in total. The minimum absolute atomic E-state index is 0.214. The van der Waals surface area contributed by atoms with Crippen molar-refractivity contribution in [1.82, 2.24) is 9.80 Å². The van der Waals surface area contributed by atoms with Gasteiger partial charge in [-0.05, 0) is 40.5 Å². The summed E-state index contributed by atoms with van der Waals surface area (Å²) in [5, 5.41) is 0. The third-order valence-electron chi connectivity index (χ3n) is 4.10. The van der Waals surface area contributed by atoms with Gasteiger partial charge in [0.05, 0.1) is 18.3 Å². The lowest BCUT2D eigenvalue weighted by molar-refractivity contribution is 0.0240. The molecule has 134 valence electrons. The molecule has 0 aliphatic carbocycles. The van der Waals surface area contributed by atoms with Crippen molar-refractivity contribution in [2.75, 3.05) is 45.9 Å². The van der Waals surface area contributed by atoms with Gasteiger partial charge in [0, 0.05) is 52.0 Å². The van der Waals surface area contributed by atoms with Gasteiger partial charge in [-0.15, -0.1) is 0 Å². The van der Waals surface area contributed by atoms with Crippen LogP contribution in [0.15, 0.2) is 0 Å². The summed E-state index contributed by atoms with van der Waals surface area (Å²) in [5.74, 6) is 0. The van der Waals surface area contributed by atoms with E-state index in [4.69, 9.17) is 17.3 Å². The maximum absolute atomic E-state index is 13.8. The number of ether oxygens (including phenoxy) is 2. The molecule has 0 saturated carbocycles. The Balaban J connectivity index is 2.29. The Kier molecular flexibility index (Phi) is 10.3. The first-order valence-electron chi connectivity index (χ1n) is 8.99. The van der Waals surface area contributed by atoms with Crippen molar-refractivity contribution < 1.29 is 13.9 Å². The molecule has 1 aliphatic rings. The molecule has 23 heavy (non-hydrogen) atoms. The van der Waals surface area contributed by atoms with E-state index in [9.17, 15) is 4.39 Å². The number of hydrogen-bond donors (Lipinski definition) is 0. The molecule has 2 unspecified atom stereocenters. The standard InChI is InChI=1S/C17H34BFN2O2/c1-14(2)22-11-5-7-20-9-10-21(16(13-20)17(18)19)8-6-12-23-15(3)4/h14-17H,5-13H2,1-4H3. The molecule has 0 aromatic rings. The number of nitrogens with zero attached hydrogens (tertiary/aromatic N) is 2. The zero-order valence-corrected chi connectivity index (χ0v) is 15.3. The van der Waals surface area contributed by atoms with Crippen molar-refractivity contribution in [1.29, 1.82) is 0 Å². The summed E-state index contributed by atoms with van der Waals surface area (Å²) in [6.07, 6.45) is 1.12. The largest absolute Gasteiger partial charge is 0.379 e. The molecule has 0 aromatic heterocycles. The smallest absolute Gasteiger partial charge is 0.118 e. The zero-order chi connectivity index (χ0) is 17.2. The fourth-order valence-electron chi connectivity index (χ4n) is 2.88. The highest BCUT2D eigenvalue weighted by Gasteiger charge is 2.30. The summed E-state index contributed by atoms with van der Waals surface area (Å²) in [5.41, 5.74) is 0. The SMILES string of the molecule is [B]C(F)C1CN(CCCOC(C)C)CCN1CCCOC(C)C. The highest BCUT2D eigenvalue weighted by molar-refractivity contribution is 6.11. The minimum Gasteiger partial charge on any atom is -0.379 e. The van der Waals surface area contributed by atoms with Crippen molar-refractivity contribution in [3.63, 3.8) is 0 Å². The average molecular weight is 328 g/mol. The highest BCUT2D eigenvalue weighted by atomic mass is 19.1. The van der Waals surface area contributed by atoms with Crippen LogP contribution in [0.5, 0.6) is 0 Å². The highest BCUT2D eigenvalue weighted by Crippen LogP contribution is 2.15. The Labute approximate surface area is 143 Å². The van der Waals surface area contributed by atoms with Crippen LogP contribution in [0, 0.1) is 0 Å². The molecule has 1 heterocycles. The van der Waals surface area contributed by atoms with Gasteiger partial charge in [0.1, 0.15) is 7.85 Å². The van der Waals surface area contributed by atoms with Gasteiger partial charge >= 0.3 is 0 Å². The van der Waals surface area contributed by atoms with Crippen LogP contribution in [-0.2, 0) is 9.47 Å². The molecule has 0 spiro atoms. The van der Waals surface area contributed by atoms with Crippen LogP contribution in [-0.4, -0.2) is 87.9 Å². The number of piperazine rings is 1. The van der Waals surface area contributed by atoms with Gasteiger partial charge in [-0.3, -0.25) is 9.29 Å². The molecule has 2 atom stereocenters. The average Bonchev–Trinajstić information content (AvgIpc) is 2.48. The van der Waals surface area contributed by atoms with E-state index in [0.717, 1.165) is 52.2 Å². The number of rotatable bonds is 11. The third kappa shape index (κ3) is 9.03. The second kappa shape index (κ2) is 11.4. The molecule has 0 aromatic carbocycles. The van der Waals surface area contributed by atoms with Crippen LogP contribution >= 0.6 is 0 Å². The lowest BCUT2D eigenvalue weighted by atomic mass is 9.91. The minimum atomic E-state index is -1.30. The van der Waals surface area contributed by atoms with E-state index in [1.807, 2.05) is 27.7 Å². The summed E-state index contributed by atoms with van der Waals surface area (Å²) in [7, 11) is 5.58. The summed E-state index contributed by atoms with van der Waals surface area (Å²) >= 11 is 0. The van der Waals surface area contributed by atoms with E-state index in [2.05, 4.69) is 9.80 Å². The van der Waals surface area contributed by atoms with Crippen LogP contribution in [0.4, 0.5) is 4.39 Å². The number of alkyl halides is 1. The molecule has 0 amide bonds. The lowest BCUT2D eigenvalue weighted by Crippen LogP contribution is -2.57. The van der Waals surface area contributed by atoms with Crippen molar-refractivity contribution in [2.45, 2.75) is 64.9 Å². The molecular weight excluding hydrogens is 294 g/mol. The second-order valence-corrected chi connectivity index (χ2v) is 6.89. The van der Waals surface area contributed by atoms with Gasteiger partial charge < -0.3 is 14.4 Å². The second-order valence-electron chi connectivity index (χ2n) is 6.89. The van der Waals surface area contributed by atoms with E-state index in [-0.39, 0.29) is 18.2 Å². The van der Waals surface area contributed by atoms with Crippen molar-refractivity contribution >= 4 is 7.85 Å². The molecule has 6 heteroatoms. The Bertz CT molecular complexity index is 306. The van der Waals surface area contributed by atoms with Crippen LogP contribution < -0.4 is 0 Å². The van der Waals surface area contributed by atoms with Gasteiger partial charge in [0.2, 0.25) is 0 Å². The molecule has 1 fully saturated rings. The first-order valence-corrected chi connectivity index (χ1v) is 8.99. The molecule has 2 radical (unpaired) electrons. The molecule has 0 bridgehead atoms. The van der Waals surface area contributed by atoms with E-state index in [1.54, 1.807) is 0 Å². The molecule has 0 N–H and O–H groups in total. The van der Waals surface area contributed by atoms with Crippen molar-refractivity contribution in [3.05, 3.63) is 0 Å². The fourth-order valence-corrected chi connectivity index (χ4v) is 2.88. The Morgan fingerprint density at radius 3 is 2.09 bits per heavy atom. The van der Waals surface area contributed by atoms with E-state index in [0.29, 0.717) is 6.54 Å². The Morgan fingerprint density at radius 1 is 1.00 bits per heavy atom. The molecule has 1 aliphatic heterocycles. The van der Waals surface area contributed by atoms with Crippen molar-refractivity contribution in [2.24, 2.45) is 0 Å². The monoisotopic (exact) mass is 328 g/mol. The molecular formula is C17H34BFN2O2. The number of hydrogen-bond acceptors (Lipinski definition) is 4. The van der Waals surface area contributed by atoms with Gasteiger partial charge in [0.15, 0.2) is 0 Å². The summed E-state index contributed by atoms with van der Waals surface area (Å²) in [6.45, 7) is 14.0. The summed E-state index contributed by atoms with van der Waals surface area (Å²) < 4.78 is 24.9. The van der Waals surface area contributed by atoms with Crippen molar-refractivity contribution in [3.8, 4) is 0 Å². The van der Waals surface area contributed by atoms with Crippen LogP contribution in [0.2, 0.25) is 0 Å². The maximum Gasteiger partial charge on any atom is 0.118 e. The summed E-state index contributed by atoms with van der Waals surface area (Å²) in [4.78, 5) is 4.48. The quantitative estimate of drug-likeness (QED) is 0.428. The van der Waals surface area contributed by atoms with E-state index >= 15 is 0 Å². The van der Waals surface area contributed by atoms with Crippen LogP contribution in [0.3, 0.4) is 0 Å². The molecule has 1 saturated heterocycles. The lowest BCUT2D eigenvalue weighted by Gasteiger charge is -2.42. The Morgan fingerprint density at radius 2 is 1.57 bits per heavy atom. The van der Waals surface area contributed by atoms with Crippen LogP contribution in [0.25, 0.3) is 0 Å². The molecule has 1 rings (SSSR count). The fraction of sp³-hybridized carbons (Fsp3) is 1.00. The zero-order valence-electron chi connectivity index (χ0n) is 15.3. The van der Waals surface area contributed by atoms with Gasteiger partial charge in [0.25, 0.3) is 0 Å². The summed E-state index contributed by atoms with van der Waals surface area (Å²) in [6, 6.07) is -0.214. The first-order chi connectivity index (χ1) is 10.9. The van der Waals surface area contributed by atoms with Crippen LogP contribution in [0.1, 0.15) is 40.5 Å². The van der Waals surface area contributed by atoms with Gasteiger partial charge in [-0.2, -0.15) is 0 Å².